The van der Waals surface area contributed by atoms with Gasteiger partial charge < -0.3 is 11.1 Å². The van der Waals surface area contributed by atoms with Gasteiger partial charge in [-0.05, 0) is 42.7 Å². The second kappa shape index (κ2) is 5.57. The van der Waals surface area contributed by atoms with Gasteiger partial charge in [0.05, 0.1) is 5.56 Å². The molecule has 0 unspecified atom stereocenters. The number of benzene rings is 2. The molecule has 0 fully saturated rings. The van der Waals surface area contributed by atoms with Gasteiger partial charge in [-0.2, -0.15) is 0 Å². The minimum absolute atomic E-state index is 0.167. The molecular weight excluding hydrogens is 236 g/mol. The number of nitrogens with two attached hydrogens (primary N) is 1. The zero-order chi connectivity index (χ0) is 13.8. The molecule has 0 spiro atoms. The zero-order valence-corrected chi connectivity index (χ0v) is 11.2. The van der Waals surface area contributed by atoms with Gasteiger partial charge in [-0.1, -0.05) is 31.2 Å². The van der Waals surface area contributed by atoms with E-state index >= 15 is 0 Å². The van der Waals surface area contributed by atoms with Crippen molar-refractivity contribution >= 4 is 17.3 Å². The van der Waals surface area contributed by atoms with Crippen molar-refractivity contribution in [2.45, 2.75) is 20.3 Å². The highest BCUT2D eigenvalue weighted by molar-refractivity contribution is 6.08. The summed E-state index contributed by atoms with van der Waals surface area (Å²) in [7, 11) is 0. The molecule has 0 aliphatic carbocycles. The van der Waals surface area contributed by atoms with Crippen LogP contribution in [0.5, 0.6) is 0 Å². The fourth-order valence-corrected chi connectivity index (χ4v) is 2.02. The molecule has 0 bridgehead atoms. The summed E-state index contributed by atoms with van der Waals surface area (Å²) < 4.78 is 0. The average molecular weight is 254 g/mol. The first-order chi connectivity index (χ1) is 9.11. The van der Waals surface area contributed by atoms with Gasteiger partial charge in [0.2, 0.25) is 0 Å². The number of carbonyl (C=O) groups excluding carboxylic acids is 1. The standard InChI is InChI=1S/C16H18N2O/c1-3-12-7-9-13(10-8-12)18-16(19)15-11(2)5-4-6-14(15)17/h4-10H,3,17H2,1-2H3,(H,18,19). The van der Waals surface area contributed by atoms with Gasteiger partial charge >= 0.3 is 0 Å². The maximum Gasteiger partial charge on any atom is 0.258 e. The summed E-state index contributed by atoms with van der Waals surface area (Å²) in [5, 5.41) is 2.87. The first-order valence-corrected chi connectivity index (χ1v) is 6.37. The Hall–Kier alpha value is -2.29. The number of nitrogen functional groups attached to an aromatic ring is 1. The minimum Gasteiger partial charge on any atom is -0.398 e. The molecule has 98 valence electrons. The Labute approximate surface area is 113 Å². The Morgan fingerprint density at radius 1 is 1.16 bits per heavy atom. The molecule has 2 rings (SSSR count). The Morgan fingerprint density at radius 2 is 1.84 bits per heavy atom. The van der Waals surface area contributed by atoms with Crippen molar-refractivity contribution in [1.82, 2.24) is 0 Å². The van der Waals surface area contributed by atoms with E-state index in [2.05, 4.69) is 12.2 Å². The summed E-state index contributed by atoms with van der Waals surface area (Å²) in [6.45, 7) is 3.98. The number of hydrogen-bond acceptors (Lipinski definition) is 2. The van der Waals surface area contributed by atoms with Crippen molar-refractivity contribution in [1.29, 1.82) is 0 Å². The average Bonchev–Trinajstić information content (AvgIpc) is 2.39. The van der Waals surface area contributed by atoms with Crippen LogP contribution in [0.1, 0.15) is 28.4 Å². The van der Waals surface area contributed by atoms with Crippen molar-refractivity contribution in [3.8, 4) is 0 Å². The number of rotatable bonds is 3. The van der Waals surface area contributed by atoms with E-state index in [4.69, 9.17) is 5.73 Å². The monoisotopic (exact) mass is 254 g/mol. The summed E-state index contributed by atoms with van der Waals surface area (Å²) in [6.07, 6.45) is 0.985. The molecule has 0 aromatic heterocycles. The lowest BCUT2D eigenvalue weighted by molar-refractivity contribution is 0.102. The van der Waals surface area contributed by atoms with Crippen LogP contribution in [-0.4, -0.2) is 5.91 Å². The maximum absolute atomic E-state index is 12.2. The second-order valence-electron chi connectivity index (χ2n) is 4.54. The van der Waals surface area contributed by atoms with Crippen LogP contribution in [0.3, 0.4) is 0 Å². The molecule has 0 radical (unpaired) electrons. The number of hydrogen-bond donors (Lipinski definition) is 2. The Bertz CT molecular complexity index is 568. The summed E-state index contributed by atoms with van der Waals surface area (Å²) in [6, 6.07) is 13.3. The van der Waals surface area contributed by atoms with E-state index < -0.39 is 0 Å². The molecule has 2 aromatic rings. The molecule has 0 heterocycles. The molecule has 0 atom stereocenters. The lowest BCUT2D eigenvalue weighted by atomic mass is 10.1. The van der Waals surface area contributed by atoms with Crippen LogP contribution in [0.15, 0.2) is 42.5 Å². The fraction of sp³-hybridized carbons (Fsp3) is 0.188. The highest BCUT2D eigenvalue weighted by Crippen LogP contribution is 2.18. The van der Waals surface area contributed by atoms with E-state index in [1.165, 1.54) is 5.56 Å². The van der Waals surface area contributed by atoms with Crippen molar-refractivity contribution in [3.05, 3.63) is 59.2 Å². The Balaban J connectivity index is 2.21. The predicted molar refractivity (Wildman–Crippen MR) is 79.4 cm³/mol. The molecule has 0 saturated heterocycles. The third-order valence-corrected chi connectivity index (χ3v) is 3.15. The van der Waals surface area contributed by atoms with E-state index in [1.807, 2.05) is 43.3 Å². The first kappa shape index (κ1) is 13.1. The van der Waals surface area contributed by atoms with Crippen LogP contribution in [-0.2, 0) is 6.42 Å². The Kier molecular flexibility index (Phi) is 3.85. The van der Waals surface area contributed by atoms with Crippen LogP contribution < -0.4 is 11.1 Å². The lowest BCUT2D eigenvalue weighted by Gasteiger charge is -2.10. The topological polar surface area (TPSA) is 55.1 Å². The third kappa shape index (κ3) is 2.94. The summed E-state index contributed by atoms with van der Waals surface area (Å²) >= 11 is 0. The molecule has 0 saturated carbocycles. The molecule has 3 heteroatoms. The van der Waals surface area contributed by atoms with Crippen molar-refractivity contribution < 1.29 is 4.79 Å². The number of anilines is 2. The zero-order valence-electron chi connectivity index (χ0n) is 11.2. The molecule has 0 aliphatic heterocycles. The molecule has 19 heavy (non-hydrogen) atoms. The number of carbonyl (C=O) groups is 1. The summed E-state index contributed by atoms with van der Waals surface area (Å²) in [4.78, 5) is 12.2. The summed E-state index contributed by atoms with van der Waals surface area (Å²) in [5.74, 6) is -0.167. The van der Waals surface area contributed by atoms with Crippen LogP contribution in [0.2, 0.25) is 0 Å². The number of aryl methyl sites for hydroxylation is 2. The second-order valence-corrected chi connectivity index (χ2v) is 4.54. The van der Waals surface area contributed by atoms with E-state index in [9.17, 15) is 4.79 Å². The van der Waals surface area contributed by atoms with E-state index in [1.54, 1.807) is 6.07 Å². The number of amides is 1. The van der Waals surface area contributed by atoms with Gasteiger partial charge in [0.1, 0.15) is 0 Å². The third-order valence-electron chi connectivity index (χ3n) is 3.15. The van der Waals surface area contributed by atoms with Crippen LogP contribution in [0, 0.1) is 6.92 Å². The van der Waals surface area contributed by atoms with Gasteiger partial charge in [-0.3, -0.25) is 4.79 Å². The van der Waals surface area contributed by atoms with Crippen molar-refractivity contribution in [3.63, 3.8) is 0 Å². The highest BCUT2D eigenvalue weighted by atomic mass is 16.1. The minimum atomic E-state index is -0.167. The highest BCUT2D eigenvalue weighted by Gasteiger charge is 2.12. The maximum atomic E-state index is 12.2. The molecule has 0 aliphatic rings. The van der Waals surface area contributed by atoms with Gasteiger partial charge in [-0.15, -0.1) is 0 Å². The van der Waals surface area contributed by atoms with Crippen LogP contribution in [0.4, 0.5) is 11.4 Å². The van der Waals surface area contributed by atoms with E-state index in [-0.39, 0.29) is 5.91 Å². The fourth-order valence-electron chi connectivity index (χ4n) is 2.02. The molecule has 1 amide bonds. The van der Waals surface area contributed by atoms with Crippen LogP contribution in [0.25, 0.3) is 0 Å². The van der Waals surface area contributed by atoms with Crippen LogP contribution >= 0.6 is 0 Å². The predicted octanol–water partition coefficient (Wildman–Crippen LogP) is 3.39. The smallest absolute Gasteiger partial charge is 0.258 e. The lowest BCUT2D eigenvalue weighted by Crippen LogP contribution is -2.15. The Morgan fingerprint density at radius 3 is 2.42 bits per heavy atom. The normalized spacial score (nSPS) is 10.2. The largest absolute Gasteiger partial charge is 0.398 e. The van der Waals surface area contributed by atoms with E-state index in [0.717, 1.165) is 17.7 Å². The van der Waals surface area contributed by atoms with Gasteiger partial charge in [0.25, 0.3) is 5.91 Å². The van der Waals surface area contributed by atoms with Gasteiger partial charge in [0, 0.05) is 11.4 Å². The number of nitrogens with one attached hydrogen (secondary N) is 1. The van der Waals surface area contributed by atoms with Gasteiger partial charge in [0.15, 0.2) is 0 Å². The van der Waals surface area contributed by atoms with Crippen molar-refractivity contribution in [2.75, 3.05) is 11.1 Å². The molecule has 3 N–H and O–H groups in total. The SMILES string of the molecule is CCc1ccc(NC(=O)c2c(C)cccc2N)cc1. The quantitative estimate of drug-likeness (QED) is 0.825. The molecule has 3 nitrogen and oxygen atoms in total. The molecule has 2 aromatic carbocycles. The first-order valence-electron chi connectivity index (χ1n) is 6.37. The van der Waals surface area contributed by atoms with Crippen molar-refractivity contribution in [2.24, 2.45) is 0 Å². The summed E-state index contributed by atoms with van der Waals surface area (Å²) in [5.41, 5.74) is 9.81. The molecular formula is C16H18N2O. The van der Waals surface area contributed by atoms with Gasteiger partial charge in [-0.25, -0.2) is 0 Å². The van der Waals surface area contributed by atoms with E-state index in [0.29, 0.717) is 11.3 Å².